The smallest absolute Gasteiger partial charge is 0.166 e. The summed E-state index contributed by atoms with van der Waals surface area (Å²) in [6.45, 7) is 5.07. The summed E-state index contributed by atoms with van der Waals surface area (Å²) in [6, 6.07) is 8.63. The van der Waals surface area contributed by atoms with Gasteiger partial charge in [-0.3, -0.25) is 4.98 Å². The van der Waals surface area contributed by atoms with Gasteiger partial charge in [0.2, 0.25) is 0 Å². The van der Waals surface area contributed by atoms with Crippen LogP contribution in [0.15, 0.2) is 41.0 Å². The fourth-order valence-corrected chi connectivity index (χ4v) is 2.38. The third-order valence-electron chi connectivity index (χ3n) is 3.10. The lowest BCUT2D eigenvalue weighted by Crippen LogP contribution is -2.20. The zero-order valence-corrected chi connectivity index (χ0v) is 13.7. The Morgan fingerprint density at radius 1 is 1.29 bits per heavy atom. The molecule has 0 aliphatic carbocycles. The lowest BCUT2D eigenvalue weighted by Gasteiger charge is -2.15. The minimum atomic E-state index is -0.410. The molecule has 0 aliphatic rings. The van der Waals surface area contributed by atoms with Crippen molar-refractivity contribution in [2.45, 2.75) is 26.3 Å². The number of aromatic nitrogens is 1. The topological polar surface area (TPSA) is 34.1 Å². The molecule has 112 valence electrons. The first kappa shape index (κ1) is 15.9. The molecule has 1 heterocycles. The number of hydrogen-bond donors (Lipinski definition) is 1. The van der Waals surface area contributed by atoms with E-state index in [-0.39, 0.29) is 11.8 Å². The molecule has 1 N–H and O–H groups in total. The Bertz CT molecular complexity index is 589. The Hall–Kier alpha value is -1.46. The summed E-state index contributed by atoms with van der Waals surface area (Å²) in [5, 5.41) is 3.36. The van der Waals surface area contributed by atoms with Crippen LogP contribution in [0.4, 0.5) is 4.39 Å². The van der Waals surface area contributed by atoms with Gasteiger partial charge in [-0.1, -0.05) is 29.8 Å². The molecule has 0 radical (unpaired) electrons. The molecule has 2 rings (SSSR count). The van der Waals surface area contributed by atoms with E-state index in [4.69, 9.17) is 4.74 Å². The molecule has 3 nitrogen and oxygen atoms in total. The van der Waals surface area contributed by atoms with E-state index in [2.05, 4.69) is 40.1 Å². The molecule has 0 saturated heterocycles. The van der Waals surface area contributed by atoms with Gasteiger partial charge in [0, 0.05) is 10.5 Å². The molecule has 0 fully saturated rings. The summed E-state index contributed by atoms with van der Waals surface area (Å²) in [7, 11) is 0. The van der Waals surface area contributed by atoms with Crippen molar-refractivity contribution >= 4 is 15.9 Å². The number of pyridine rings is 1. The number of benzene rings is 1. The van der Waals surface area contributed by atoms with E-state index >= 15 is 0 Å². The van der Waals surface area contributed by atoms with Gasteiger partial charge < -0.3 is 10.1 Å². The predicted octanol–water partition coefficient (Wildman–Crippen LogP) is 4.84. The molecular weight excluding hydrogens is 335 g/mol. The van der Waals surface area contributed by atoms with Crippen molar-refractivity contribution in [2.24, 2.45) is 0 Å². The highest BCUT2D eigenvalue weighted by molar-refractivity contribution is 9.10. The summed E-state index contributed by atoms with van der Waals surface area (Å²) in [6.07, 6.45) is 2.58. The van der Waals surface area contributed by atoms with Crippen LogP contribution in [0.2, 0.25) is 0 Å². The lowest BCUT2D eigenvalue weighted by atomic mass is 10.1. The second-order valence-electron chi connectivity index (χ2n) is 4.61. The van der Waals surface area contributed by atoms with Crippen molar-refractivity contribution in [1.82, 2.24) is 10.3 Å². The molecule has 2 aromatic rings. The van der Waals surface area contributed by atoms with Crippen molar-refractivity contribution in [2.75, 3.05) is 6.54 Å². The number of halogens is 2. The molecular formula is C16H18BrFN2O. The summed E-state index contributed by atoms with van der Waals surface area (Å²) in [5.41, 5.74) is 0.961. The maximum Gasteiger partial charge on any atom is 0.166 e. The van der Waals surface area contributed by atoms with Crippen molar-refractivity contribution in [1.29, 1.82) is 0 Å². The minimum absolute atomic E-state index is 0.187. The third-order valence-corrected chi connectivity index (χ3v) is 3.59. The van der Waals surface area contributed by atoms with Gasteiger partial charge in [-0.15, -0.1) is 0 Å². The molecule has 1 aromatic heterocycles. The first-order chi connectivity index (χ1) is 10.1. The van der Waals surface area contributed by atoms with E-state index < -0.39 is 5.82 Å². The fraction of sp³-hybridized carbons (Fsp3) is 0.312. The highest BCUT2D eigenvalue weighted by Gasteiger charge is 2.10. The molecule has 1 atom stereocenters. The van der Waals surface area contributed by atoms with E-state index in [1.165, 1.54) is 6.07 Å². The maximum absolute atomic E-state index is 13.7. The van der Waals surface area contributed by atoms with Crippen LogP contribution in [0.1, 0.15) is 32.0 Å². The van der Waals surface area contributed by atoms with Crippen molar-refractivity contribution in [3.8, 4) is 11.5 Å². The van der Waals surface area contributed by atoms with Crippen LogP contribution in [0.5, 0.6) is 11.5 Å². The van der Waals surface area contributed by atoms with Crippen LogP contribution in [0.3, 0.4) is 0 Å². The van der Waals surface area contributed by atoms with E-state index in [1.54, 1.807) is 18.3 Å². The SMILES string of the molecule is CCNC(CC)c1ccc(Oc2ccc(Br)cc2F)cn1. The Labute approximate surface area is 132 Å². The Balaban J connectivity index is 2.11. The average Bonchev–Trinajstić information content (AvgIpc) is 2.48. The van der Waals surface area contributed by atoms with Gasteiger partial charge in [-0.25, -0.2) is 4.39 Å². The third kappa shape index (κ3) is 4.25. The summed E-state index contributed by atoms with van der Waals surface area (Å²) in [5.74, 6) is 0.297. The Kier molecular flexibility index (Phi) is 5.70. The first-order valence-corrected chi connectivity index (χ1v) is 7.75. The van der Waals surface area contributed by atoms with Gasteiger partial charge in [0.25, 0.3) is 0 Å². The molecule has 0 spiro atoms. The van der Waals surface area contributed by atoms with Gasteiger partial charge in [0.15, 0.2) is 11.6 Å². The predicted molar refractivity (Wildman–Crippen MR) is 85.1 cm³/mol. The van der Waals surface area contributed by atoms with E-state index in [9.17, 15) is 4.39 Å². The zero-order chi connectivity index (χ0) is 15.2. The molecule has 1 unspecified atom stereocenters. The average molecular weight is 353 g/mol. The number of hydrogen-bond acceptors (Lipinski definition) is 3. The number of nitrogens with one attached hydrogen (secondary N) is 1. The van der Waals surface area contributed by atoms with Crippen LogP contribution in [-0.4, -0.2) is 11.5 Å². The molecule has 0 aliphatic heterocycles. The first-order valence-electron chi connectivity index (χ1n) is 6.96. The molecule has 0 amide bonds. The lowest BCUT2D eigenvalue weighted by molar-refractivity contribution is 0.438. The molecule has 5 heteroatoms. The minimum Gasteiger partial charge on any atom is -0.453 e. The van der Waals surface area contributed by atoms with E-state index in [1.807, 2.05) is 12.1 Å². The zero-order valence-electron chi connectivity index (χ0n) is 12.1. The second kappa shape index (κ2) is 7.52. The van der Waals surface area contributed by atoms with Crippen molar-refractivity contribution < 1.29 is 9.13 Å². The summed E-state index contributed by atoms with van der Waals surface area (Å²) < 4.78 is 19.9. The monoisotopic (exact) mass is 352 g/mol. The normalized spacial score (nSPS) is 12.2. The fourth-order valence-electron chi connectivity index (χ4n) is 2.05. The van der Waals surface area contributed by atoms with Gasteiger partial charge >= 0.3 is 0 Å². The van der Waals surface area contributed by atoms with Crippen LogP contribution in [0.25, 0.3) is 0 Å². The van der Waals surface area contributed by atoms with Gasteiger partial charge in [0.1, 0.15) is 5.75 Å². The molecule has 21 heavy (non-hydrogen) atoms. The standard InChI is InChI=1S/C16H18BrFN2O/c1-3-14(19-4-2)15-7-6-12(10-20-15)21-16-8-5-11(17)9-13(16)18/h5-10,14,19H,3-4H2,1-2H3. The van der Waals surface area contributed by atoms with Crippen LogP contribution < -0.4 is 10.1 Å². The number of ether oxygens (including phenoxy) is 1. The van der Waals surface area contributed by atoms with Crippen molar-refractivity contribution in [3.05, 3.63) is 52.5 Å². The highest BCUT2D eigenvalue weighted by Crippen LogP contribution is 2.27. The van der Waals surface area contributed by atoms with Gasteiger partial charge in [0.05, 0.1) is 11.9 Å². The van der Waals surface area contributed by atoms with E-state index in [0.717, 1.165) is 18.7 Å². The van der Waals surface area contributed by atoms with Crippen LogP contribution in [-0.2, 0) is 0 Å². The van der Waals surface area contributed by atoms with Crippen molar-refractivity contribution in [3.63, 3.8) is 0 Å². The highest BCUT2D eigenvalue weighted by atomic mass is 79.9. The van der Waals surface area contributed by atoms with Gasteiger partial charge in [-0.2, -0.15) is 0 Å². The van der Waals surface area contributed by atoms with Crippen LogP contribution in [0, 0.1) is 5.82 Å². The Morgan fingerprint density at radius 3 is 2.67 bits per heavy atom. The largest absolute Gasteiger partial charge is 0.453 e. The van der Waals surface area contributed by atoms with Gasteiger partial charge in [-0.05, 0) is 43.3 Å². The van der Waals surface area contributed by atoms with Crippen LogP contribution >= 0.6 is 15.9 Å². The van der Waals surface area contributed by atoms with E-state index in [0.29, 0.717) is 10.2 Å². The maximum atomic E-state index is 13.7. The molecule has 1 aromatic carbocycles. The summed E-state index contributed by atoms with van der Waals surface area (Å²) in [4.78, 5) is 4.39. The molecule has 0 bridgehead atoms. The summed E-state index contributed by atoms with van der Waals surface area (Å²) >= 11 is 3.21. The quantitative estimate of drug-likeness (QED) is 0.807. The Morgan fingerprint density at radius 2 is 2.10 bits per heavy atom. The number of rotatable bonds is 6. The molecule has 0 saturated carbocycles. The number of nitrogens with zero attached hydrogens (tertiary/aromatic N) is 1. The second-order valence-corrected chi connectivity index (χ2v) is 5.53.